The van der Waals surface area contributed by atoms with Crippen LogP contribution in [0.4, 0.5) is 0 Å². The molecule has 2 atom stereocenters. The zero-order valence-corrected chi connectivity index (χ0v) is 12.0. The second kappa shape index (κ2) is 6.36. The Morgan fingerprint density at radius 2 is 2.10 bits per heavy atom. The highest BCUT2D eigenvalue weighted by molar-refractivity contribution is 5.82. The maximum Gasteiger partial charge on any atom is 0.237 e. The first-order valence-corrected chi connectivity index (χ1v) is 6.65. The van der Waals surface area contributed by atoms with E-state index in [1.807, 2.05) is 14.0 Å². The monoisotopic (exact) mass is 289 g/mol. The fraction of sp³-hybridized carbons (Fsp3) is 0.357. The van der Waals surface area contributed by atoms with Crippen LogP contribution in [-0.4, -0.2) is 31.8 Å². The van der Waals surface area contributed by atoms with Crippen LogP contribution in [0.3, 0.4) is 0 Å². The molecule has 1 amide bonds. The number of amides is 1. The van der Waals surface area contributed by atoms with Gasteiger partial charge in [-0.2, -0.15) is 0 Å². The number of nitrogens with two attached hydrogens (primary N) is 1. The molecular weight excluding hydrogens is 270 g/mol. The van der Waals surface area contributed by atoms with Gasteiger partial charge >= 0.3 is 0 Å². The predicted octanol–water partition coefficient (Wildman–Crippen LogP) is 0.268. The first-order chi connectivity index (χ1) is 9.97. The van der Waals surface area contributed by atoms with Crippen LogP contribution in [0, 0.1) is 0 Å². The number of carbonyl (C=O) groups is 1. The van der Waals surface area contributed by atoms with E-state index < -0.39 is 6.04 Å². The molecule has 4 N–H and O–H groups in total. The number of carbonyl (C=O) groups excluding carboxylic acids is 1. The average Bonchev–Trinajstić information content (AvgIpc) is 2.87. The van der Waals surface area contributed by atoms with Gasteiger partial charge in [-0.05, 0) is 31.0 Å². The van der Waals surface area contributed by atoms with Crippen molar-refractivity contribution in [3.63, 3.8) is 0 Å². The number of hydrogen-bond donors (Lipinski definition) is 3. The van der Waals surface area contributed by atoms with Gasteiger partial charge in [-0.3, -0.25) is 4.79 Å². The number of aryl methyl sites for hydroxylation is 1. The van der Waals surface area contributed by atoms with Crippen LogP contribution in [0.1, 0.15) is 24.4 Å². The van der Waals surface area contributed by atoms with E-state index in [-0.39, 0.29) is 17.7 Å². The Kier molecular flexibility index (Phi) is 4.54. The quantitative estimate of drug-likeness (QED) is 0.732. The Bertz CT molecular complexity index is 608. The van der Waals surface area contributed by atoms with Crippen molar-refractivity contribution in [3.8, 4) is 5.75 Å². The molecule has 2 aromatic rings. The van der Waals surface area contributed by atoms with E-state index in [1.165, 1.54) is 0 Å². The van der Waals surface area contributed by atoms with Gasteiger partial charge in [-0.1, -0.05) is 12.1 Å². The number of nitrogens with one attached hydrogen (secondary N) is 1. The minimum Gasteiger partial charge on any atom is -0.508 e. The Labute approximate surface area is 122 Å². The molecule has 0 saturated heterocycles. The fourth-order valence-electron chi connectivity index (χ4n) is 2.05. The number of aromatic hydroxyl groups is 1. The number of phenols is 1. The molecule has 7 heteroatoms. The first kappa shape index (κ1) is 15.0. The van der Waals surface area contributed by atoms with Crippen LogP contribution in [0.2, 0.25) is 0 Å². The van der Waals surface area contributed by atoms with Gasteiger partial charge in [0.1, 0.15) is 12.1 Å². The Morgan fingerprint density at radius 1 is 1.43 bits per heavy atom. The summed E-state index contributed by atoms with van der Waals surface area (Å²) in [4.78, 5) is 12.1. The summed E-state index contributed by atoms with van der Waals surface area (Å²) in [5.41, 5.74) is 6.80. The molecule has 1 aromatic heterocycles. The lowest BCUT2D eigenvalue weighted by Gasteiger charge is -2.17. The van der Waals surface area contributed by atoms with Crippen LogP contribution >= 0.6 is 0 Å². The fourth-order valence-corrected chi connectivity index (χ4v) is 2.05. The Hall–Kier alpha value is -2.41. The van der Waals surface area contributed by atoms with Crippen molar-refractivity contribution in [2.45, 2.75) is 25.4 Å². The lowest BCUT2D eigenvalue weighted by molar-refractivity contribution is -0.123. The smallest absolute Gasteiger partial charge is 0.237 e. The first-order valence-electron chi connectivity index (χ1n) is 6.65. The van der Waals surface area contributed by atoms with Crippen LogP contribution in [0.15, 0.2) is 30.6 Å². The molecule has 0 saturated carbocycles. The molecule has 0 aliphatic carbocycles. The highest BCUT2D eigenvalue weighted by atomic mass is 16.3. The second-order valence-electron chi connectivity index (χ2n) is 5.01. The molecule has 0 bridgehead atoms. The molecule has 21 heavy (non-hydrogen) atoms. The number of benzene rings is 1. The van der Waals surface area contributed by atoms with Gasteiger partial charge in [0, 0.05) is 7.05 Å². The number of rotatable bonds is 5. The molecule has 2 rings (SSSR count). The van der Waals surface area contributed by atoms with Crippen LogP contribution < -0.4 is 11.1 Å². The molecule has 0 aliphatic rings. The van der Waals surface area contributed by atoms with Crippen molar-refractivity contribution in [2.75, 3.05) is 0 Å². The van der Waals surface area contributed by atoms with Crippen molar-refractivity contribution >= 4 is 5.91 Å². The standard InChI is InChI=1S/C14H19N5O2/c1-9(13-18-16-8-19(13)2)17-14(21)12(15)7-10-3-5-11(20)6-4-10/h3-6,8-9,12,20H,7,15H2,1-2H3,(H,17,21). The lowest BCUT2D eigenvalue weighted by atomic mass is 10.1. The number of hydrogen-bond acceptors (Lipinski definition) is 5. The van der Waals surface area contributed by atoms with Crippen molar-refractivity contribution < 1.29 is 9.90 Å². The summed E-state index contributed by atoms with van der Waals surface area (Å²) in [5.74, 6) is 0.603. The van der Waals surface area contributed by atoms with Gasteiger partial charge in [0.2, 0.25) is 5.91 Å². The van der Waals surface area contributed by atoms with Gasteiger partial charge in [0.05, 0.1) is 12.1 Å². The highest BCUT2D eigenvalue weighted by Crippen LogP contribution is 2.12. The SMILES string of the molecule is CC(NC(=O)C(N)Cc1ccc(O)cc1)c1nncn1C. The van der Waals surface area contributed by atoms with E-state index in [4.69, 9.17) is 5.73 Å². The zero-order valence-electron chi connectivity index (χ0n) is 12.0. The number of phenolic OH excluding ortho intramolecular Hbond substituents is 1. The van der Waals surface area contributed by atoms with Crippen molar-refractivity contribution in [1.29, 1.82) is 0 Å². The largest absolute Gasteiger partial charge is 0.508 e. The Morgan fingerprint density at radius 3 is 2.67 bits per heavy atom. The van der Waals surface area contributed by atoms with Crippen LogP contribution in [-0.2, 0) is 18.3 Å². The van der Waals surface area contributed by atoms with E-state index in [0.717, 1.165) is 5.56 Å². The molecule has 1 aromatic carbocycles. The van der Waals surface area contributed by atoms with Crippen LogP contribution in [0.5, 0.6) is 5.75 Å². The third kappa shape index (κ3) is 3.79. The lowest BCUT2D eigenvalue weighted by Crippen LogP contribution is -2.43. The van der Waals surface area contributed by atoms with Crippen LogP contribution in [0.25, 0.3) is 0 Å². The van der Waals surface area contributed by atoms with E-state index in [2.05, 4.69) is 15.5 Å². The number of nitrogens with zero attached hydrogens (tertiary/aromatic N) is 3. The summed E-state index contributed by atoms with van der Waals surface area (Å²) in [5, 5.41) is 19.8. The summed E-state index contributed by atoms with van der Waals surface area (Å²) in [6, 6.07) is 5.70. The van der Waals surface area contributed by atoms with Crippen molar-refractivity contribution in [3.05, 3.63) is 42.0 Å². The molecule has 0 fully saturated rings. The molecule has 2 unspecified atom stereocenters. The minimum absolute atomic E-state index is 0.188. The minimum atomic E-state index is -0.662. The molecule has 0 radical (unpaired) electrons. The zero-order chi connectivity index (χ0) is 15.4. The molecular formula is C14H19N5O2. The third-order valence-corrected chi connectivity index (χ3v) is 3.22. The Balaban J connectivity index is 1.93. The van der Waals surface area contributed by atoms with Gasteiger partial charge in [0.25, 0.3) is 0 Å². The molecule has 0 aliphatic heterocycles. The predicted molar refractivity (Wildman–Crippen MR) is 77.3 cm³/mol. The van der Waals surface area contributed by atoms with Gasteiger partial charge in [-0.15, -0.1) is 10.2 Å². The van der Waals surface area contributed by atoms with Gasteiger partial charge in [0.15, 0.2) is 5.82 Å². The summed E-state index contributed by atoms with van der Waals surface area (Å²) < 4.78 is 1.75. The van der Waals surface area contributed by atoms with Crippen molar-refractivity contribution in [1.82, 2.24) is 20.1 Å². The highest BCUT2D eigenvalue weighted by Gasteiger charge is 2.19. The van der Waals surface area contributed by atoms with Gasteiger partial charge in [-0.25, -0.2) is 0 Å². The van der Waals surface area contributed by atoms with E-state index >= 15 is 0 Å². The maximum absolute atomic E-state index is 12.1. The van der Waals surface area contributed by atoms with E-state index in [0.29, 0.717) is 12.2 Å². The summed E-state index contributed by atoms with van der Waals surface area (Å²) in [7, 11) is 1.81. The summed E-state index contributed by atoms with van der Waals surface area (Å²) in [6.45, 7) is 1.83. The maximum atomic E-state index is 12.1. The number of aromatic nitrogens is 3. The molecule has 1 heterocycles. The van der Waals surface area contributed by atoms with Crippen molar-refractivity contribution in [2.24, 2.45) is 12.8 Å². The molecule has 0 spiro atoms. The van der Waals surface area contributed by atoms with Gasteiger partial charge < -0.3 is 20.7 Å². The average molecular weight is 289 g/mol. The topological polar surface area (TPSA) is 106 Å². The third-order valence-electron chi connectivity index (χ3n) is 3.22. The second-order valence-corrected chi connectivity index (χ2v) is 5.01. The normalized spacial score (nSPS) is 13.7. The van der Waals surface area contributed by atoms with E-state index in [1.54, 1.807) is 35.2 Å². The van der Waals surface area contributed by atoms with E-state index in [9.17, 15) is 9.90 Å². The molecule has 7 nitrogen and oxygen atoms in total. The molecule has 112 valence electrons. The summed E-state index contributed by atoms with van der Waals surface area (Å²) >= 11 is 0. The summed E-state index contributed by atoms with van der Waals surface area (Å²) in [6.07, 6.45) is 1.98.